The first-order valence-corrected chi connectivity index (χ1v) is 6.61. The first-order chi connectivity index (χ1) is 9.03. The van der Waals surface area contributed by atoms with Gasteiger partial charge in [-0.2, -0.15) is 0 Å². The van der Waals surface area contributed by atoms with E-state index in [0.717, 1.165) is 0 Å². The lowest BCUT2D eigenvalue weighted by molar-refractivity contribution is -0.138. The van der Waals surface area contributed by atoms with Gasteiger partial charge in [0.25, 0.3) is 0 Å². The van der Waals surface area contributed by atoms with Crippen LogP contribution >= 0.6 is 0 Å². The SMILES string of the molecule is CC(C)CNC(=O)C(C)NC(=O)NC(C)(C)CC(=O)O. The van der Waals surface area contributed by atoms with Crippen molar-refractivity contribution in [1.29, 1.82) is 0 Å². The summed E-state index contributed by atoms with van der Waals surface area (Å²) in [5, 5.41) is 16.4. The highest BCUT2D eigenvalue weighted by Gasteiger charge is 2.25. The largest absolute Gasteiger partial charge is 0.481 e. The number of carboxylic acid groups (broad SMARTS) is 1. The highest BCUT2D eigenvalue weighted by Crippen LogP contribution is 2.07. The van der Waals surface area contributed by atoms with E-state index < -0.39 is 23.6 Å². The molecule has 1 unspecified atom stereocenters. The molecule has 20 heavy (non-hydrogen) atoms. The molecule has 0 bridgehead atoms. The fourth-order valence-corrected chi connectivity index (χ4v) is 1.49. The normalized spacial score (nSPS) is 12.7. The van der Waals surface area contributed by atoms with Gasteiger partial charge in [-0.25, -0.2) is 4.79 Å². The first kappa shape index (κ1) is 18.2. The van der Waals surface area contributed by atoms with Gasteiger partial charge in [-0.1, -0.05) is 13.8 Å². The van der Waals surface area contributed by atoms with Crippen LogP contribution in [0.5, 0.6) is 0 Å². The van der Waals surface area contributed by atoms with Crippen molar-refractivity contribution in [3.05, 3.63) is 0 Å². The Balaban J connectivity index is 4.25. The number of carbonyl (C=O) groups is 3. The molecule has 0 heterocycles. The number of rotatable bonds is 7. The third-order valence-corrected chi connectivity index (χ3v) is 2.47. The van der Waals surface area contributed by atoms with Crippen molar-refractivity contribution in [1.82, 2.24) is 16.0 Å². The van der Waals surface area contributed by atoms with E-state index in [2.05, 4.69) is 16.0 Å². The van der Waals surface area contributed by atoms with E-state index in [1.807, 2.05) is 13.8 Å². The van der Waals surface area contributed by atoms with Crippen molar-refractivity contribution >= 4 is 17.9 Å². The third kappa shape index (κ3) is 8.34. The average molecular weight is 287 g/mol. The summed E-state index contributed by atoms with van der Waals surface area (Å²) in [6.45, 7) is 9.25. The Morgan fingerprint density at radius 1 is 1.15 bits per heavy atom. The van der Waals surface area contributed by atoms with E-state index in [9.17, 15) is 14.4 Å². The molecule has 116 valence electrons. The van der Waals surface area contributed by atoms with E-state index >= 15 is 0 Å². The Morgan fingerprint density at radius 2 is 1.70 bits per heavy atom. The minimum Gasteiger partial charge on any atom is -0.481 e. The maximum absolute atomic E-state index is 11.7. The second-order valence-electron chi connectivity index (χ2n) is 5.91. The molecule has 0 aliphatic rings. The Kier molecular flexibility index (Phi) is 7.02. The highest BCUT2D eigenvalue weighted by molar-refractivity contribution is 5.87. The third-order valence-electron chi connectivity index (χ3n) is 2.47. The minimum atomic E-state index is -1.00. The lowest BCUT2D eigenvalue weighted by Crippen LogP contribution is -2.54. The van der Waals surface area contributed by atoms with Gasteiger partial charge in [0, 0.05) is 12.1 Å². The maximum Gasteiger partial charge on any atom is 0.315 e. The molecule has 0 radical (unpaired) electrons. The zero-order chi connectivity index (χ0) is 15.9. The number of nitrogens with one attached hydrogen (secondary N) is 3. The predicted octanol–water partition coefficient (Wildman–Crippen LogP) is 0.700. The molecule has 0 aliphatic carbocycles. The van der Waals surface area contributed by atoms with Crippen molar-refractivity contribution in [3.8, 4) is 0 Å². The number of urea groups is 1. The molecule has 0 saturated heterocycles. The number of amides is 3. The summed E-state index contributed by atoms with van der Waals surface area (Å²) in [4.78, 5) is 34.0. The summed E-state index contributed by atoms with van der Waals surface area (Å²) in [5.74, 6) is -0.947. The number of carbonyl (C=O) groups excluding carboxylic acids is 2. The number of aliphatic carboxylic acids is 1. The maximum atomic E-state index is 11.7. The average Bonchev–Trinajstić information content (AvgIpc) is 2.22. The van der Waals surface area contributed by atoms with Crippen LogP contribution in [-0.4, -0.2) is 41.1 Å². The second kappa shape index (κ2) is 7.72. The molecule has 0 saturated carbocycles. The molecule has 0 aromatic rings. The van der Waals surface area contributed by atoms with E-state index in [-0.39, 0.29) is 12.3 Å². The van der Waals surface area contributed by atoms with Gasteiger partial charge in [0.2, 0.25) is 5.91 Å². The summed E-state index contributed by atoms with van der Waals surface area (Å²) in [6.07, 6.45) is -0.200. The van der Waals surface area contributed by atoms with Gasteiger partial charge in [-0.05, 0) is 26.7 Å². The molecule has 7 heteroatoms. The van der Waals surface area contributed by atoms with Crippen LogP contribution in [0.15, 0.2) is 0 Å². The predicted molar refractivity (Wildman–Crippen MR) is 75.3 cm³/mol. The molecule has 0 aromatic carbocycles. The Labute approximate surface area is 119 Å². The fraction of sp³-hybridized carbons (Fsp3) is 0.769. The standard InChI is InChI=1S/C13H25N3O4/c1-8(2)7-14-11(19)9(3)15-12(20)16-13(4,5)6-10(17)18/h8-9H,6-7H2,1-5H3,(H,14,19)(H,17,18)(H2,15,16,20). The van der Waals surface area contributed by atoms with Crippen LogP contribution in [0.1, 0.15) is 41.0 Å². The van der Waals surface area contributed by atoms with Gasteiger partial charge in [0.15, 0.2) is 0 Å². The van der Waals surface area contributed by atoms with Gasteiger partial charge < -0.3 is 21.1 Å². The van der Waals surface area contributed by atoms with Crippen LogP contribution in [0.4, 0.5) is 4.79 Å². The zero-order valence-corrected chi connectivity index (χ0v) is 12.7. The van der Waals surface area contributed by atoms with Gasteiger partial charge in [0.1, 0.15) is 6.04 Å². The van der Waals surface area contributed by atoms with Crippen LogP contribution < -0.4 is 16.0 Å². The lowest BCUT2D eigenvalue weighted by Gasteiger charge is -2.25. The first-order valence-electron chi connectivity index (χ1n) is 6.61. The fourth-order valence-electron chi connectivity index (χ4n) is 1.49. The van der Waals surface area contributed by atoms with E-state index in [1.54, 1.807) is 20.8 Å². The van der Waals surface area contributed by atoms with Gasteiger partial charge in [-0.3, -0.25) is 9.59 Å². The molecule has 3 amide bonds. The summed E-state index contributed by atoms with van der Waals surface area (Å²) in [6, 6.07) is -1.25. The van der Waals surface area contributed by atoms with Crippen molar-refractivity contribution in [2.45, 2.75) is 52.6 Å². The van der Waals surface area contributed by atoms with E-state index in [0.29, 0.717) is 12.5 Å². The molecule has 0 aromatic heterocycles. The van der Waals surface area contributed by atoms with Crippen LogP contribution in [0.3, 0.4) is 0 Å². The number of carboxylic acids is 1. The molecule has 4 N–H and O–H groups in total. The number of hydrogen-bond acceptors (Lipinski definition) is 3. The van der Waals surface area contributed by atoms with Crippen LogP contribution in [0.25, 0.3) is 0 Å². The summed E-state index contributed by atoms with van der Waals surface area (Å²) in [7, 11) is 0. The Morgan fingerprint density at radius 3 is 2.15 bits per heavy atom. The molecule has 0 rings (SSSR count). The minimum absolute atomic E-state index is 0.200. The van der Waals surface area contributed by atoms with Crippen LogP contribution in [0, 0.1) is 5.92 Å². The molecule has 0 aliphatic heterocycles. The van der Waals surface area contributed by atoms with Crippen molar-refractivity contribution in [3.63, 3.8) is 0 Å². The van der Waals surface area contributed by atoms with Gasteiger partial charge >= 0.3 is 12.0 Å². The monoisotopic (exact) mass is 287 g/mol. The molecule has 0 spiro atoms. The molecular formula is C13H25N3O4. The molecule has 0 fully saturated rings. The topological polar surface area (TPSA) is 108 Å². The van der Waals surface area contributed by atoms with Gasteiger partial charge in [0.05, 0.1) is 6.42 Å². The van der Waals surface area contributed by atoms with E-state index in [1.165, 1.54) is 0 Å². The van der Waals surface area contributed by atoms with Crippen molar-refractivity contribution in [2.75, 3.05) is 6.54 Å². The smallest absolute Gasteiger partial charge is 0.315 e. The number of hydrogen-bond donors (Lipinski definition) is 4. The Bertz CT molecular complexity index is 367. The van der Waals surface area contributed by atoms with E-state index in [4.69, 9.17) is 5.11 Å². The quantitative estimate of drug-likeness (QED) is 0.553. The zero-order valence-electron chi connectivity index (χ0n) is 12.7. The van der Waals surface area contributed by atoms with Gasteiger partial charge in [-0.15, -0.1) is 0 Å². The van der Waals surface area contributed by atoms with Crippen molar-refractivity contribution < 1.29 is 19.5 Å². The Hall–Kier alpha value is -1.79. The molecule has 7 nitrogen and oxygen atoms in total. The van der Waals surface area contributed by atoms with Crippen molar-refractivity contribution in [2.24, 2.45) is 5.92 Å². The summed E-state index contributed by atoms with van der Waals surface area (Å²) >= 11 is 0. The van der Waals surface area contributed by atoms with Crippen LogP contribution in [0.2, 0.25) is 0 Å². The lowest BCUT2D eigenvalue weighted by atomic mass is 10.0. The van der Waals surface area contributed by atoms with Crippen LogP contribution in [-0.2, 0) is 9.59 Å². The summed E-state index contributed by atoms with van der Waals surface area (Å²) < 4.78 is 0. The molecule has 1 atom stereocenters. The summed E-state index contributed by atoms with van der Waals surface area (Å²) in [5.41, 5.74) is -0.885. The highest BCUT2D eigenvalue weighted by atomic mass is 16.4. The molecular weight excluding hydrogens is 262 g/mol. The second-order valence-corrected chi connectivity index (χ2v) is 5.91.